The largest absolute Gasteiger partial charge is 0.348 e. The molecule has 3 nitrogen and oxygen atoms in total. The van der Waals surface area contributed by atoms with Crippen molar-refractivity contribution in [1.29, 1.82) is 0 Å². The lowest BCUT2D eigenvalue weighted by molar-refractivity contribution is -0.116. The Balaban J connectivity index is 1.90. The highest BCUT2D eigenvalue weighted by molar-refractivity contribution is 6.42. The smallest absolute Gasteiger partial charge is 0.244 e. The number of pyridine rings is 1. The number of hydrogen-bond acceptors (Lipinski definition) is 2. The van der Waals surface area contributed by atoms with Crippen molar-refractivity contribution in [1.82, 2.24) is 10.3 Å². The molecule has 21 heavy (non-hydrogen) atoms. The SMILES string of the molecule is O=C(/C=C/c1ccc(Cl)c(Cl)c1)NCc1ccc(Cl)nc1. The van der Waals surface area contributed by atoms with E-state index in [0.29, 0.717) is 21.7 Å². The quantitative estimate of drug-likeness (QED) is 0.662. The van der Waals surface area contributed by atoms with Crippen molar-refractivity contribution in [2.24, 2.45) is 0 Å². The highest BCUT2D eigenvalue weighted by Gasteiger charge is 1.99. The van der Waals surface area contributed by atoms with Crippen molar-refractivity contribution in [2.45, 2.75) is 6.54 Å². The van der Waals surface area contributed by atoms with Crippen molar-refractivity contribution in [3.63, 3.8) is 0 Å². The highest BCUT2D eigenvalue weighted by Crippen LogP contribution is 2.23. The van der Waals surface area contributed by atoms with Gasteiger partial charge >= 0.3 is 0 Å². The summed E-state index contributed by atoms with van der Waals surface area (Å²) in [4.78, 5) is 15.6. The van der Waals surface area contributed by atoms with Crippen LogP contribution in [-0.4, -0.2) is 10.9 Å². The van der Waals surface area contributed by atoms with Crippen molar-refractivity contribution in [3.8, 4) is 0 Å². The first-order chi connectivity index (χ1) is 10.0. The van der Waals surface area contributed by atoms with E-state index in [0.717, 1.165) is 11.1 Å². The molecule has 1 heterocycles. The van der Waals surface area contributed by atoms with Crippen LogP contribution in [0, 0.1) is 0 Å². The minimum absolute atomic E-state index is 0.212. The molecule has 0 radical (unpaired) electrons. The van der Waals surface area contributed by atoms with Gasteiger partial charge in [-0.05, 0) is 35.4 Å². The maximum absolute atomic E-state index is 11.7. The second kappa shape index (κ2) is 7.46. The summed E-state index contributed by atoms with van der Waals surface area (Å²) in [6, 6.07) is 8.63. The number of rotatable bonds is 4. The number of aromatic nitrogens is 1. The summed E-state index contributed by atoms with van der Waals surface area (Å²) in [6.45, 7) is 0.384. The molecule has 6 heteroatoms. The predicted molar refractivity (Wildman–Crippen MR) is 86.6 cm³/mol. The van der Waals surface area contributed by atoms with Gasteiger partial charge in [0.25, 0.3) is 0 Å². The Morgan fingerprint density at radius 1 is 1.14 bits per heavy atom. The number of halogens is 3. The second-order valence-electron chi connectivity index (χ2n) is 4.21. The zero-order valence-electron chi connectivity index (χ0n) is 10.8. The number of nitrogens with one attached hydrogen (secondary N) is 1. The fourth-order valence-electron chi connectivity index (χ4n) is 1.55. The third-order valence-corrected chi connectivity index (χ3v) is 3.59. The Morgan fingerprint density at radius 2 is 1.95 bits per heavy atom. The molecule has 0 unspecified atom stereocenters. The topological polar surface area (TPSA) is 42.0 Å². The number of hydrogen-bond donors (Lipinski definition) is 1. The maximum atomic E-state index is 11.7. The minimum atomic E-state index is -0.212. The van der Waals surface area contributed by atoms with E-state index in [1.807, 2.05) is 0 Å². The summed E-state index contributed by atoms with van der Waals surface area (Å²) in [5, 5.41) is 4.10. The van der Waals surface area contributed by atoms with Gasteiger partial charge in [-0.2, -0.15) is 0 Å². The average Bonchev–Trinajstić information content (AvgIpc) is 2.48. The predicted octanol–water partition coefficient (Wildman–Crippen LogP) is 4.37. The van der Waals surface area contributed by atoms with E-state index >= 15 is 0 Å². The number of amides is 1. The van der Waals surface area contributed by atoms with E-state index in [-0.39, 0.29) is 5.91 Å². The number of carbonyl (C=O) groups excluding carboxylic acids is 1. The van der Waals surface area contributed by atoms with Gasteiger partial charge in [0.05, 0.1) is 10.0 Å². The van der Waals surface area contributed by atoms with Crippen LogP contribution in [0.4, 0.5) is 0 Å². The lowest BCUT2D eigenvalue weighted by atomic mass is 10.2. The maximum Gasteiger partial charge on any atom is 0.244 e. The van der Waals surface area contributed by atoms with E-state index in [2.05, 4.69) is 10.3 Å². The van der Waals surface area contributed by atoms with E-state index in [9.17, 15) is 4.79 Å². The monoisotopic (exact) mass is 340 g/mol. The Kier molecular flexibility index (Phi) is 5.62. The Hall–Kier alpha value is -1.55. The van der Waals surface area contributed by atoms with Crippen LogP contribution in [0.3, 0.4) is 0 Å². The first kappa shape index (κ1) is 15.8. The van der Waals surface area contributed by atoms with Crippen molar-refractivity contribution >= 4 is 46.8 Å². The second-order valence-corrected chi connectivity index (χ2v) is 5.42. The summed E-state index contributed by atoms with van der Waals surface area (Å²) >= 11 is 17.4. The lowest BCUT2D eigenvalue weighted by Crippen LogP contribution is -2.20. The Morgan fingerprint density at radius 3 is 2.62 bits per heavy atom. The van der Waals surface area contributed by atoms with Gasteiger partial charge in [0.15, 0.2) is 0 Å². The van der Waals surface area contributed by atoms with Crippen molar-refractivity contribution in [3.05, 3.63) is 68.9 Å². The van der Waals surface area contributed by atoms with Gasteiger partial charge in [-0.15, -0.1) is 0 Å². The fourth-order valence-corrected chi connectivity index (χ4v) is 1.97. The number of benzene rings is 1. The van der Waals surface area contributed by atoms with Crippen LogP contribution in [-0.2, 0) is 11.3 Å². The van der Waals surface area contributed by atoms with E-state index < -0.39 is 0 Å². The summed E-state index contributed by atoms with van der Waals surface area (Å²) in [6.07, 6.45) is 4.71. The first-order valence-electron chi connectivity index (χ1n) is 6.06. The van der Waals surface area contributed by atoms with Crippen LogP contribution in [0.1, 0.15) is 11.1 Å². The average molecular weight is 342 g/mol. The highest BCUT2D eigenvalue weighted by atomic mass is 35.5. The Labute approximate surface area is 137 Å². The van der Waals surface area contributed by atoms with Gasteiger partial charge in [0.2, 0.25) is 5.91 Å². The van der Waals surface area contributed by atoms with Crippen LogP contribution >= 0.6 is 34.8 Å². The standard InChI is InChI=1S/C15H11Cl3N2O/c16-12-4-1-10(7-13(12)17)3-6-15(21)20-9-11-2-5-14(18)19-8-11/h1-8H,9H2,(H,20,21)/b6-3+. The third kappa shape index (κ3) is 5.05. The summed E-state index contributed by atoms with van der Waals surface area (Å²) in [5.74, 6) is -0.212. The molecule has 0 fully saturated rings. The van der Waals surface area contributed by atoms with Crippen LogP contribution in [0.15, 0.2) is 42.6 Å². The van der Waals surface area contributed by atoms with Gasteiger partial charge < -0.3 is 5.32 Å². The molecule has 0 aliphatic rings. The zero-order chi connectivity index (χ0) is 15.2. The molecule has 108 valence electrons. The van der Waals surface area contributed by atoms with E-state index in [1.165, 1.54) is 6.08 Å². The van der Waals surface area contributed by atoms with Crippen molar-refractivity contribution in [2.75, 3.05) is 0 Å². The van der Waals surface area contributed by atoms with Crippen LogP contribution in [0.5, 0.6) is 0 Å². The first-order valence-corrected chi connectivity index (χ1v) is 7.19. The molecule has 2 aromatic rings. The summed E-state index contributed by atoms with van der Waals surface area (Å²) < 4.78 is 0. The third-order valence-electron chi connectivity index (χ3n) is 2.63. The van der Waals surface area contributed by atoms with Gasteiger partial charge in [0.1, 0.15) is 5.15 Å². The number of carbonyl (C=O) groups is 1. The summed E-state index contributed by atoms with van der Waals surface area (Å²) in [7, 11) is 0. The molecule has 0 spiro atoms. The molecule has 0 bridgehead atoms. The van der Waals surface area contributed by atoms with Crippen LogP contribution < -0.4 is 5.32 Å². The molecule has 0 saturated heterocycles. The molecule has 0 atom stereocenters. The van der Waals surface area contributed by atoms with Gasteiger partial charge in [0, 0.05) is 18.8 Å². The Bertz CT molecular complexity index is 669. The van der Waals surface area contributed by atoms with E-state index in [4.69, 9.17) is 34.8 Å². The fraction of sp³-hybridized carbons (Fsp3) is 0.0667. The molecule has 1 aromatic carbocycles. The molecule has 0 aliphatic heterocycles. The number of nitrogens with zero attached hydrogens (tertiary/aromatic N) is 1. The molecule has 0 aliphatic carbocycles. The summed E-state index contributed by atoms with van der Waals surface area (Å²) in [5.41, 5.74) is 1.67. The van der Waals surface area contributed by atoms with E-state index in [1.54, 1.807) is 42.6 Å². The minimum Gasteiger partial charge on any atom is -0.348 e. The van der Waals surface area contributed by atoms with Gasteiger partial charge in [-0.25, -0.2) is 4.98 Å². The molecule has 0 saturated carbocycles. The van der Waals surface area contributed by atoms with Crippen LogP contribution in [0.2, 0.25) is 15.2 Å². The van der Waals surface area contributed by atoms with Gasteiger partial charge in [-0.1, -0.05) is 46.9 Å². The molecule has 1 N–H and O–H groups in total. The zero-order valence-corrected chi connectivity index (χ0v) is 13.1. The molecule has 2 rings (SSSR count). The molecular weight excluding hydrogens is 331 g/mol. The van der Waals surface area contributed by atoms with Crippen molar-refractivity contribution < 1.29 is 4.79 Å². The normalized spacial score (nSPS) is 10.8. The van der Waals surface area contributed by atoms with Gasteiger partial charge in [-0.3, -0.25) is 4.79 Å². The molecule has 1 amide bonds. The lowest BCUT2D eigenvalue weighted by Gasteiger charge is -2.02. The molecule has 1 aromatic heterocycles. The van der Waals surface area contributed by atoms with Crippen LogP contribution in [0.25, 0.3) is 6.08 Å². The molecular formula is C15H11Cl3N2O.